The Labute approximate surface area is 770 Å². The molecule has 42 heteroatoms. The van der Waals surface area contributed by atoms with Crippen molar-refractivity contribution >= 4 is 151 Å². The van der Waals surface area contributed by atoms with Crippen LogP contribution < -0.4 is 46.1 Å². The third kappa shape index (κ3) is 22.9. The summed E-state index contributed by atoms with van der Waals surface area (Å²) in [5.41, 5.74) is 9.39. The van der Waals surface area contributed by atoms with Gasteiger partial charge in [-0.05, 0) is 240 Å². The Morgan fingerprint density at radius 3 is 0.954 bits per heavy atom. The predicted molar refractivity (Wildman–Crippen MR) is 491 cm³/mol. The maximum Gasteiger partial charge on any atom is 0.471 e. The van der Waals surface area contributed by atoms with Crippen molar-refractivity contribution in [3.8, 4) is 17.2 Å². The van der Waals surface area contributed by atoms with E-state index < -0.39 is 57.3 Å². The van der Waals surface area contributed by atoms with Crippen LogP contribution in [0.25, 0.3) is 0 Å². The number of aryl methyl sites for hydroxylation is 6. The van der Waals surface area contributed by atoms with E-state index in [1.54, 1.807) is 75.1 Å². The number of amides is 3. The molecule has 3 amide bonds. The normalized spacial score (nSPS) is 16.8. The van der Waals surface area contributed by atoms with E-state index in [9.17, 15) is 52.8 Å². The molecule has 6 N–H and O–H groups in total. The lowest BCUT2D eigenvalue weighted by atomic mass is 9.86. The molecule has 7 aliphatic rings. The smallest absolute Gasteiger partial charge is 0.471 e. The number of alkyl halides is 3. The van der Waals surface area contributed by atoms with Crippen LogP contribution in [0, 0.1) is 32.6 Å². The Morgan fingerprint density at radius 1 is 0.408 bits per heavy atom. The molecule has 0 bridgehead atoms. The summed E-state index contributed by atoms with van der Waals surface area (Å²) in [6.45, 7) is 22.7. The fraction of sp³-hybridized carbons (Fsp3) is 0.523. The molecule has 130 heavy (non-hydrogen) atoms. The molecule has 3 saturated heterocycles. The SMILES string of the molecule is Cc1cc(Nc2ncc(Cl)c(Nc3cn(C)nc3S(=O)(=O)C(C)C)n2)c(OC2CC2)cc1C1CCN(C(=O)C(C)C)CC1.Cc1cc(Nc2ncc(Cl)c(Nc3cn(C)nc3S(=O)(=O)C(C)C)n2)c(OC2CC2)cc1C1CCN(C(=O)C(F)(F)F)CC1.Cc1cc(Nc2ncc(Cl)c(Nc3cn(C)nc3S(=O)(=O)C(C)C)n2)c(OC2CC2)cc1C1CCN(C(=O)C2CC2)CC1. The van der Waals surface area contributed by atoms with Crippen molar-refractivity contribution in [1.29, 1.82) is 0 Å². The van der Waals surface area contributed by atoms with E-state index in [4.69, 9.17) is 49.0 Å². The fourth-order valence-electron chi connectivity index (χ4n) is 15.7. The summed E-state index contributed by atoms with van der Waals surface area (Å²) >= 11 is 19.2. The number of carbonyl (C=O) groups is 3. The number of anilines is 12. The van der Waals surface area contributed by atoms with E-state index in [-0.39, 0.29) is 138 Å². The molecule has 16 rings (SSSR count). The van der Waals surface area contributed by atoms with Gasteiger partial charge in [0.2, 0.25) is 74.2 Å². The highest BCUT2D eigenvalue weighted by molar-refractivity contribution is 7.92. The quantitative estimate of drug-likeness (QED) is 0.0253. The van der Waals surface area contributed by atoms with Crippen molar-refractivity contribution in [3.05, 3.63) is 122 Å². The van der Waals surface area contributed by atoms with Crippen LogP contribution in [0.5, 0.6) is 17.2 Å². The van der Waals surface area contributed by atoms with Gasteiger partial charge in [-0.25, -0.2) is 40.2 Å². The molecular formula is C88H111Cl3F3N21O12S3. The lowest BCUT2D eigenvalue weighted by Crippen LogP contribution is -2.45. The maximum absolute atomic E-state index is 12.9. The van der Waals surface area contributed by atoms with Crippen LogP contribution in [0.15, 0.2) is 88.7 Å². The summed E-state index contributed by atoms with van der Waals surface area (Å²) in [6.07, 6.45) is 16.9. The summed E-state index contributed by atoms with van der Waals surface area (Å²) in [5.74, 6) is 3.05. The van der Waals surface area contributed by atoms with Gasteiger partial charge in [0.25, 0.3) is 0 Å². The molecule has 6 aromatic heterocycles. The minimum Gasteiger partial charge on any atom is -0.488 e. The Balaban J connectivity index is 0.000000157. The van der Waals surface area contributed by atoms with Gasteiger partial charge in [0.1, 0.15) is 32.3 Å². The Bertz CT molecular complexity index is 5850. The van der Waals surface area contributed by atoms with Crippen LogP contribution in [0.1, 0.15) is 196 Å². The standard InChI is InChI=1S/C30H38ClN7O4S.C30H40ClN7O4S.C28H33ClF3N7O4S/c1-17(2)43(40,41)28-25(16-37(4)36-28)33-27-23(31)15-32-30(35-27)34-24-13-18(3)22(14-26(24)42-21-7-8-21)19-9-11-38(12-10-19)29(39)20-5-6-20;1-17(2)29(39)38-11-9-20(10-12-38)22-14-26(42-21-7-8-21)24(13-19(22)5)34-30-32-15-23(31)27(35-30)33-25-16-37(6)36-28(25)43(40,41)18(3)4;1-15(2)44(41,42)25-22(14-38(4)37-25)34-24-20(29)13-33-27(36-24)35-21-11-16(3)19(12-23(21)43-18-5-6-18)17-7-9-39(10-8-17)26(40)28(30,31)32/h13-17,19-21H,5-12H2,1-4H3,(H2,32,33,34,35);13-18,20-21H,7-12H2,1-6H3,(H2,32,33,34,35);11-15,17-18H,5-10H2,1-4H3,(H2,33,34,35,36). The molecule has 9 aromatic rings. The number of piperidine rings is 3. The fourth-order valence-corrected chi connectivity index (χ4v) is 19.4. The molecule has 3 aliphatic heterocycles. The minimum atomic E-state index is -4.88. The predicted octanol–water partition coefficient (Wildman–Crippen LogP) is 16.9. The van der Waals surface area contributed by atoms with Crippen LogP contribution >= 0.6 is 34.8 Å². The molecule has 0 radical (unpaired) electrons. The van der Waals surface area contributed by atoms with Gasteiger partial charge in [0.05, 0.1) is 86.8 Å². The number of hydrogen-bond acceptors (Lipinski definition) is 27. The Kier molecular flexibility index (Phi) is 28.9. The first kappa shape index (κ1) is 95.7. The average Bonchev–Trinajstić information content (AvgIpc) is 1.64. The Morgan fingerprint density at radius 2 is 0.692 bits per heavy atom. The van der Waals surface area contributed by atoms with Gasteiger partial charge in [-0.1, -0.05) is 48.7 Å². The highest BCUT2D eigenvalue weighted by Crippen LogP contribution is 2.47. The number of aromatic nitrogens is 12. The second-order valence-corrected chi connectivity index (χ2v) is 44.0. The van der Waals surface area contributed by atoms with Crippen molar-refractivity contribution in [2.24, 2.45) is 33.0 Å². The van der Waals surface area contributed by atoms with Crippen molar-refractivity contribution < 1.29 is 67.0 Å². The van der Waals surface area contributed by atoms with Gasteiger partial charge < -0.3 is 60.8 Å². The van der Waals surface area contributed by atoms with E-state index >= 15 is 0 Å². The molecule has 7 fully saturated rings. The van der Waals surface area contributed by atoms with Gasteiger partial charge in [0, 0.05) is 90.8 Å². The highest BCUT2D eigenvalue weighted by atomic mass is 35.5. The molecule has 700 valence electrons. The number of sulfone groups is 3. The van der Waals surface area contributed by atoms with Gasteiger partial charge >= 0.3 is 12.1 Å². The van der Waals surface area contributed by atoms with E-state index in [0.29, 0.717) is 42.0 Å². The molecular weight excluding hydrogens is 1800 g/mol. The molecule has 3 aromatic carbocycles. The van der Waals surface area contributed by atoms with Crippen molar-refractivity contribution in [2.45, 2.75) is 239 Å². The summed E-state index contributed by atoms with van der Waals surface area (Å²) in [7, 11) is -6.09. The van der Waals surface area contributed by atoms with Crippen molar-refractivity contribution in [2.75, 3.05) is 71.2 Å². The molecule has 0 unspecified atom stereocenters. The zero-order valence-corrected chi connectivity index (χ0v) is 79.7. The first-order valence-corrected chi connectivity index (χ1v) is 49.6. The molecule has 33 nitrogen and oxygen atoms in total. The van der Waals surface area contributed by atoms with Crippen LogP contribution in [0.4, 0.5) is 82.6 Å². The van der Waals surface area contributed by atoms with Crippen molar-refractivity contribution in [1.82, 2.24) is 73.9 Å². The minimum absolute atomic E-state index is 0.00693. The number of halogens is 6. The second kappa shape index (κ2) is 39.2. The topological polar surface area (TPSA) is 394 Å². The maximum atomic E-state index is 12.9. The number of nitrogens with zero attached hydrogens (tertiary/aromatic N) is 15. The van der Waals surface area contributed by atoms with Crippen LogP contribution in [0.2, 0.25) is 15.1 Å². The Hall–Kier alpha value is -10.4. The first-order chi connectivity index (χ1) is 61.4. The zero-order valence-electron chi connectivity index (χ0n) is 75.0. The number of rotatable bonds is 29. The second-order valence-electron chi connectivity index (χ2n) is 35.5. The summed E-state index contributed by atoms with van der Waals surface area (Å²) in [4.78, 5) is 68.2. The van der Waals surface area contributed by atoms with Crippen molar-refractivity contribution in [3.63, 3.8) is 0 Å². The lowest BCUT2D eigenvalue weighted by molar-refractivity contribution is -0.186. The lowest BCUT2D eigenvalue weighted by Gasteiger charge is -2.34. The molecule has 4 aliphatic carbocycles. The van der Waals surface area contributed by atoms with Crippen LogP contribution in [-0.2, 0) is 65.0 Å². The zero-order chi connectivity index (χ0) is 93.5. The number of benzene rings is 3. The molecule has 9 heterocycles. The van der Waals surface area contributed by atoms with Gasteiger partial charge in [0.15, 0.2) is 17.5 Å². The summed E-state index contributed by atoms with van der Waals surface area (Å²) in [5, 5.41) is 29.7. The average molecular weight is 1910 g/mol. The third-order valence-corrected chi connectivity index (χ3v) is 30.8. The van der Waals surface area contributed by atoms with Gasteiger partial charge in [-0.2, -0.15) is 43.4 Å². The van der Waals surface area contributed by atoms with Gasteiger partial charge in [-0.3, -0.25) is 28.4 Å². The monoisotopic (exact) mass is 1910 g/mol. The summed E-state index contributed by atoms with van der Waals surface area (Å²) in [6, 6.07) is 12.1. The van der Waals surface area contributed by atoms with E-state index in [1.165, 1.54) is 50.0 Å². The van der Waals surface area contributed by atoms with E-state index in [2.05, 4.69) is 115 Å². The highest BCUT2D eigenvalue weighted by Gasteiger charge is 2.44. The number of carbonyl (C=O) groups excluding carboxylic acids is 3. The number of ether oxygens (including phenoxy) is 3. The van der Waals surface area contributed by atoms with E-state index in [1.807, 2.05) is 42.7 Å². The molecule has 0 atom stereocenters. The van der Waals surface area contributed by atoms with E-state index in [0.717, 1.165) is 153 Å². The molecule has 0 spiro atoms. The molecule has 4 saturated carbocycles. The number of nitrogens with one attached hydrogen (secondary N) is 6. The first-order valence-electron chi connectivity index (χ1n) is 43.9. The third-order valence-electron chi connectivity index (χ3n) is 23.7. The summed E-state index contributed by atoms with van der Waals surface area (Å²) < 4.78 is 139. The number of hydrogen-bond donors (Lipinski definition) is 6. The van der Waals surface area contributed by atoms with Crippen LogP contribution in [-0.4, -0.2) is 196 Å². The van der Waals surface area contributed by atoms with Gasteiger partial charge in [-0.15, -0.1) is 0 Å². The number of likely N-dealkylation sites (tertiary alicyclic amines) is 3. The van der Waals surface area contributed by atoms with Crippen LogP contribution in [0.3, 0.4) is 0 Å². The largest absolute Gasteiger partial charge is 0.488 e.